The molecule has 0 spiro atoms. The van der Waals surface area contributed by atoms with E-state index in [1.165, 1.54) is 19.3 Å². The lowest BCUT2D eigenvalue weighted by molar-refractivity contribution is -0.781. The summed E-state index contributed by atoms with van der Waals surface area (Å²) in [4.78, 5) is 4.06. The largest absolute Gasteiger partial charge is 0.306 e. The van der Waals surface area contributed by atoms with Crippen molar-refractivity contribution in [1.82, 2.24) is 10.1 Å². The first-order chi connectivity index (χ1) is 6.79. The summed E-state index contributed by atoms with van der Waals surface area (Å²) in [7, 11) is 0. The second-order valence-electron chi connectivity index (χ2n) is 4.03. The summed E-state index contributed by atoms with van der Waals surface area (Å²) in [6.45, 7) is 6.82. The highest BCUT2D eigenvalue weighted by Crippen LogP contribution is 2.20. The van der Waals surface area contributed by atoms with Crippen LogP contribution in [-0.2, 0) is 0 Å². The average molecular weight is 196 g/mol. The van der Waals surface area contributed by atoms with Crippen LogP contribution in [0.4, 0.5) is 0 Å². The number of nitrogens with one attached hydrogen (secondary N) is 1. The summed E-state index contributed by atoms with van der Waals surface area (Å²) in [5, 5.41) is 3.15. The Labute approximate surface area is 86.5 Å². The highest BCUT2D eigenvalue weighted by molar-refractivity contribution is 4.59. The fourth-order valence-electron chi connectivity index (χ4n) is 2.01. The van der Waals surface area contributed by atoms with Crippen LogP contribution in [0.3, 0.4) is 0 Å². The van der Waals surface area contributed by atoms with Gasteiger partial charge < -0.3 is 0 Å². The number of aromatic nitrogens is 3. The molecule has 0 aliphatic carbocycles. The minimum absolute atomic E-state index is 0.573. The number of unbranched alkanes of at least 4 members (excludes halogenated alkanes) is 1. The molecule has 0 saturated heterocycles. The van der Waals surface area contributed by atoms with Crippen molar-refractivity contribution < 1.29 is 4.68 Å². The maximum Gasteiger partial charge on any atom is 0.306 e. The molecule has 80 valence electrons. The summed E-state index contributed by atoms with van der Waals surface area (Å²) in [5.74, 6) is 0.727. The normalized spacial score (nSPS) is 15.4. The molecular formula is C11H22N3+. The van der Waals surface area contributed by atoms with Crippen LogP contribution in [0.25, 0.3) is 0 Å². The number of aromatic amines is 1. The third-order valence-electron chi connectivity index (χ3n) is 2.92. The monoisotopic (exact) mass is 196 g/mol. The van der Waals surface area contributed by atoms with Gasteiger partial charge in [0.1, 0.15) is 6.04 Å². The first kappa shape index (κ1) is 11.2. The van der Waals surface area contributed by atoms with E-state index in [-0.39, 0.29) is 0 Å². The van der Waals surface area contributed by atoms with Crippen molar-refractivity contribution in [2.75, 3.05) is 0 Å². The van der Waals surface area contributed by atoms with Crippen LogP contribution in [0.1, 0.15) is 52.5 Å². The topological polar surface area (TPSA) is 32.6 Å². The Hall–Kier alpha value is -0.860. The Morgan fingerprint density at radius 2 is 2.21 bits per heavy atom. The summed E-state index contributed by atoms with van der Waals surface area (Å²) in [6.07, 6.45) is 8.71. The zero-order valence-corrected chi connectivity index (χ0v) is 9.53. The van der Waals surface area contributed by atoms with Crippen molar-refractivity contribution in [3.05, 3.63) is 12.7 Å². The van der Waals surface area contributed by atoms with Crippen molar-refractivity contribution in [3.8, 4) is 0 Å². The molecule has 14 heavy (non-hydrogen) atoms. The van der Waals surface area contributed by atoms with Gasteiger partial charge in [-0.2, -0.15) is 9.78 Å². The van der Waals surface area contributed by atoms with Gasteiger partial charge in [0.05, 0.1) is 0 Å². The quantitative estimate of drug-likeness (QED) is 0.696. The molecule has 0 radical (unpaired) electrons. The highest BCUT2D eigenvalue weighted by Gasteiger charge is 2.21. The molecule has 0 aliphatic heterocycles. The molecule has 3 heteroatoms. The van der Waals surface area contributed by atoms with Crippen molar-refractivity contribution in [2.24, 2.45) is 5.92 Å². The second-order valence-corrected chi connectivity index (χ2v) is 4.03. The maximum atomic E-state index is 4.06. The molecule has 1 N–H and O–H groups in total. The molecule has 0 aliphatic rings. The van der Waals surface area contributed by atoms with Crippen LogP contribution in [0, 0.1) is 5.92 Å². The third-order valence-corrected chi connectivity index (χ3v) is 2.92. The van der Waals surface area contributed by atoms with E-state index in [1.807, 2.05) is 6.33 Å². The number of rotatable bonds is 6. The fourth-order valence-corrected chi connectivity index (χ4v) is 2.01. The molecule has 1 aromatic heterocycles. The molecule has 3 nitrogen and oxygen atoms in total. The Kier molecular flexibility index (Phi) is 4.63. The molecule has 1 rings (SSSR count). The summed E-state index contributed by atoms with van der Waals surface area (Å²) in [5.41, 5.74) is 0. The standard InChI is InChI=1S/C11H21N3/c1-4-6-7-10(3)11(5-2)14-9-12-8-13-14/h8-11H,4-7H2,1-3H3/p+1. The van der Waals surface area contributed by atoms with Gasteiger partial charge in [-0.05, 0) is 23.7 Å². The zero-order chi connectivity index (χ0) is 10.4. The molecule has 2 atom stereocenters. The van der Waals surface area contributed by atoms with Gasteiger partial charge >= 0.3 is 6.33 Å². The molecule has 1 heterocycles. The van der Waals surface area contributed by atoms with Crippen LogP contribution in [0.2, 0.25) is 0 Å². The average Bonchev–Trinajstić information content (AvgIpc) is 2.69. The van der Waals surface area contributed by atoms with Crippen molar-refractivity contribution in [3.63, 3.8) is 0 Å². The van der Waals surface area contributed by atoms with Gasteiger partial charge in [0.15, 0.2) is 0 Å². The van der Waals surface area contributed by atoms with Gasteiger partial charge in [-0.15, -0.1) is 0 Å². The lowest BCUT2D eigenvalue weighted by atomic mass is 9.94. The minimum Gasteiger partial charge on any atom is -0.194 e. The van der Waals surface area contributed by atoms with Crippen LogP contribution in [0.5, 0.6) is 0 Å². The second kappa shape index (κ2) is 5.78. The Morgan fingerprint density at radius 1 is 1.43 bits per heavy atom. The van der Waals surface area contributed by atoms with E-state index in [1.54, 1.807) is 6.33 Å². The van der Waals surface area contributed by atoms with Crippen molar-refractivity contribution in [1.29, 1.82) is 0 Å². The molecule has 0 bridgehead atoms. The third kappa shape index (κ3) is 2.82. The molecule has 0 amide bonds. The highest BCUT2D eigenvalue weighted by atomic mass is 15.3. The van der Waals surface area contributed by atoms with Gasteiger partial charge in [-0.1, -0.05) is 33.6 Å². The lowest BCUT2D eigenvalue weighted by Crippen LogP contribution is -2.43. The summed E-state index contributed by atoms with van der Waals surface area (Å²) in [6, 6.07) is 0.573. The van der Waals surface area contributed by atoms with Gasteiger partial charge in [0, 0.05) is 0 Å². The van der Waals surface area contributed by atoms with E-state index in [0.29, 0.717) is 6.04 Å². The lowest BCUT2D eigenvalue weighted by Gasteiger charge is -2.18. The van der Waals surface area contributed by atoms with Gasteiger partial charge in [-0.25, -0.2) is 0 Å². The van der Waals surface area contributed by atoms with E-state index in [2.05, 4.69) is 35.5 Å². The van der Waals surface area contributed by atoms with Crippen molar-refractivity contribution in [2.45, 2.75) is 52.5 Å². The SMILES string of the molecule is CCCCC(C)C(CC)[n+]1cnc[nH]1. The van der Waals surface area contributed by atoms with E-state index < -0.39 is 0 Å². The predicted octanol–water partition coefficient (Wildman–Crippen LogP) is 2.47. The number of H-pyrrole nitrogens is 1. The smallest absolute Gasteiger partial charge is 0.194 e. The molecule has 1 aromatic rings. The number of hydrogen-bond acceptors (Lipinski definition) is 1. The number of nitrogens with zero attached hydrogens (tertiary/aromatic N) is 2. The molecule has 0 saturated carbocycles. The first-order valence-electron chi connectivity index (χ1n) is 5.69. The predicted molar refractivity (Wildman–Crippen MR) is 56.8 cm³/mol. The zero-order valence-electron chi connectivity index (χ0n) is 9.53. The molecular weight excluding hydrogens is 174 g/mol. The Balaban J connectivity index is 2.53. The van der Waals surface area contributed by atoms with E-state index in [9.17, 15) is 0 Å². The van der Waals surface area contributed by atoms with Gasteiger partial charge in [0.25, 0.3) is 0 Å². The van der Waals surface area contributed by atoms with E-state index in [0.717, 1.165) is 12.3 Å². The van der Waals surface area contributed by atoms with Crippen molar-refractivity contribution >= 4 is 0 Å². The van der Waals surface area contributed by atoms with Crippen LogP contribution in [0.15, 0.2) is 12.7 Å². The summed E-state index contributed by atoms with van der Waals surface area (Å²) < 4.78 is 2.13. The van der Waals surface area contributed by atoms with Gasteiger partial charge in [-0.3, -0.25) is 0 Å². The van der Waals surface area contributed by atoms with Crippen LogP contribution >= 0.6 is 0 Å². The van der Waals surface area contributed by atoms with Crippen LogP contribution < -0.4 is 4.68 Å². The Morgan fingerprint density at radius 3 is 2.71 bits per heavy atom. The first-order valence-corrected chi connectivity index (χ1v) is 5.69. The van der Waals surface area contributed by atoms with E-state index >= 15 is 0 Å². The van der Waals surface area contributed by atoms with Crippen LogP contribution in [-0.4, -0.2) is 10.1 Å². The summed E-state index contributed by atoms with van der Waals surface area (Å²) >= 11 is 0. The van der Waals surface area contributed by atoms with Gasteiger partial charge in [0.2, 0.25) is 6.33 Å². The molecule has 0 aromatic carbocycles. The Bertz CT molecular complexity index is 231. The van der Waals surface area contributed by atoms with E-state index in [4.69, 9.17) is 0 Å². The number of hydrogen-bond donors (Lipinski definition) is 1. The molecule has 0 fully saturated rings. The fraction of sp³-hybridized carbons (Fsp3) is 0.818. The molecule has 2 unspecified atom stereocenters. The maximum absolute atomic E-state index is 4.06. The minimum atomic E-state index is 0.573.